The van der Waals surface area contributed by atoms with E-state index in [0.29, 0.717) is 5.88 Å². The molecule has 6 nitrogen and oxygen atoms in total. The maximum atomic E-state index is 5.74. The lowest BCUT2D eigenvalue weighted by molar-refractivity contribution is 0.463. The molecule has 0 atom stereocenters. The van der Waals surface area contributed by atoms with Crippen LogP contribution < -0.4 is 4.74 Å². The number of rotatable bonds is 3. The molecule has 0 unspecified atom stereocenters. The van der Waals surface area contributed by atoms with Gasteiger partial charge in [-0.3, -0.25) is 0 Å². The molecule has 0 spiro atoms. The summed E-state index contributed by atoms with van der Waals surface area (Å²) in [6, 6.07) is 13.7. The Kier molecular flexibility index (Phi) is 6.35. The molecule has 0 saturated carbocycles. The topological polar surface area (TPSA) is 101 Å². The van der Waals surface area contributed by atoms with Gasteiger partial charge in [0.25, 0.3) is 0 Å². The Balaban J connectivity index is 0.00000113. The van der Waals surface area contributed by atoms with Crippen molar-refractivity contribution in [1.29, 1.82) is 0 Å². The van der Waals surface area contributed by atoms with Crippen LogP contribution in [0.25, 0.3) is 5.57 Å². The van der Waals surface area contributed by atoms with Gasteiger partial charge in [-0.05, 0) is 47.9 Å². The molecule has 7 heteroatoms. The largest absolute Gasteiger partial charge is 0.439 e. The van der Waals surface area contributed by atoms with Crippen LogP contribution in [-0.2, 0) is 0 Å². The normalized spacial score (nSPS) is 15.1. The summed E-state index contributed by atoms with van der Waals surface area (Å²) in [6.45, 7) is 0.998. The Morgan fingerprint density at radius 3 is 2.64 bits per heavy atom. The first-order valence-corrected chi connectivity index (χ1v) is 8.39. The fourth-order valence-electron chi connectivity index (χ4n) is 2.53. The number of benzene rings is 1. The zero-order valence-corrected chi connectivity index (χ0v) is 14.2. The molecule has 1 aromatic carbocycles. The number of nitrogens with zero attached hydrogens (tertiary/aromatic N) is 3. The number of ether oxygens (including phenoxy) is 1. The molecule has 2 aliphatic rings. The number of hydrogen-bond donors (Lipinski definition) is 0. The average Bonchev–Trinajstić information content (AvgIpc) is 2.63. The lowest BCUT2D eigenvalue weighted by Crippen LogP contribution is -2.32. The first-order valence-electron chi connectivity index (χ1n) is 7.45. The van der Waals surface area contributed by atoms with Gasteiger partial charge in [0.15, 0.2) is 0 Å². The lowest BCUT2D eigenvalue weighted by atomic mass is 10.0. The fraction of sp³-hybridized carbons (Fsp3) is 0.111. The van der Waals surface area contributed by atoms with Gasteiger partial charge in [0.05, 0.1) is 0 Å². The van der Waals surface area contributed by atoms with Crippen molar-refractivity contribution < 1.29 is 15.7 Å². The third kappa shape index (κ3) is 4.08. The van der Waals surface area contributed by atoms with Crippen LogP contribution in [0.4, 0.5) is 0 Å². The zero-order chi connectivity index (χ0) is 15.5. The molecule has 2 aromatic rings. The molecule has 2 aliphatic heterocycles. The van der Waals surface area contributed by atoms with Gasteiger partial charge in [0, 0.05) is 36.3 Å². The van der Waals surface area contributed by atoms with E-state index in [4.69, 9.17) is 4.74 Å². The third-order valence-electron chi connectivity index (χ3n) is 3.64. The minimum atomic E-state index is 0. The smallest absolute Gasteiger partial charge is 0.219 e. The standard InChI is InChI=1S/C18H15N3OS.2H2O/c1-2-10-19-17(5-1)22-15-8-6-14(7-9-15)16-4-3-11-21-12-13-23-20-18(16)21;;/h1-11H,12-13H2;2*1H2. The summed E-state index contributed by atoms with van der Waals surface area (Å²) >= 11 is 1.62. The molecular formula is C18H19N3O3S. The summed E-state index contributed by atoms with van der Waals surface area (Å²) in [5.41, 5.74) is 2.28. The Bertz CT molecular complexity index is 789. The molecule has 0 amide bonds. The van der Waals surface area contributed by atoms with Crippen LogP contribution in [0.5, 0.6) is 11.6 Å². The molecule has 25 heavy (non-hydrogen) atoms. The van der Waals surface area contributed by atoms with E-state index in [1.165, 1.54) is 0 Å². The first-order chi connectivity index (χ1) is 11.4. The maximum absolute atomic E-state index is 5.74. The number of aromatic nitrogens is 1. The van der Waals surface area contributed by atoms with Crippen LogP contribution in [0, 0.1) is 0 Å². The summed E-state index contributed by atoms with van der Waals surface area (Å²) in [5.74, 6) is 3.43. The van der Waals surface area contributed by atoms with Gasteiger partial charge in [0.2, 0.25) is 5.88 Å². The average molecular weight is 357 g/mol. The lowest BCUT2D eigenvalue weighted by Gasteiger charge is -2.29. The van der Waals surface area contributed by atoms with Gasteiger partial charge < -0.3 is 20.6 Å². The van der Waals surface area contributed by atoms with Crippen molar-refractivity contribution in [2.24, 2.45) is 4.40 Å². The van der Waals surface area contributed by atoms with Crippen LogP contribution in [-0.4, -0.2) is 39.0 Å². The zero-order valence-electron chi connectivity index (χ0n) is 13.4. The van der Waals surface area contributed by atoms with Crippen LogP contribution in [0.2, 0.25) is 0 Å². The first kappa shape index (κ1) is 18.7. The fourth-order valence-corrected chi connectivity index (χ4v) is 3.22. The van der Waals surface area contributed by atoms with Gasteiger partial charge >= 0.3 is 0 Å². The molecule has 0 fully saturated rings. The highest BCUT2D eigenvalue weighted by Crippen LogP contribution is 2.29. The molecule has 0 aliphatic carbocycles. The number of amidine groups is 1. The van der Waals surface area contributed by atoms with E-state index in [0.717, 1.165) is 35.0 Å². The quantitative estimate of drug-likeness (QED) is 0.788. The predicted molar refractivity (Wildman–Crippen MR) is 102 cm³/mol. The van der Waals surface area contributed by atoms with E-state index >= 15 is 0 Å². The summed E-state index contributed by atoms with van der Waals surface area (Å²) in [6.07, 6.45) is 7.98. The predicted octanol–water partition coefficient (Wildman–Crippen LogP) is 2.50. The summed E-state index contributed by atoms with van der Waals surface area (Å²) in [5, 5.41) is 0. The van der Waals surface area contributed by atoms with Crippen molar-refractivity contribution >= 4 is 23.4 Å². The number of allylic oxidation sites excluding steroid dienone is 2. The minimum absolute atomic E-state index is 0. The van der Waals surface area contributed by atoms with Gasteiger partial charge in [-0.2, -0.15) is 4.40 Å². The van der Waals surface area contributed by atoms with Crippen molar-refractivity contribution in [3.8, 4) is 11.6 Å². The van der Waals surface area contributed by atoms with E-state index in [-0.39, 0.29) is 11.0 Å². The summed E-state index contributed by atoms with van der Waals surface area (Å²) in [7, 11) is 0. The van der Waals surface area contributed by atoms with E-state index in [1.54, 1.807) is 18.1 Å². The maximum Gasteiger partial charge on any atom is 0.219 e. The number of fused-ring (bicyclic) bond motifs is 1. The van der Waals surface area contributed by atoms with Crippen LogP contribution >= 0.6 is 11.9 Å². The Morgan fingerprint density at radius 2 is 1.88 bits per heavy atom. The highest BCUT2D eigenvalue weighted by atomic mass is 32.2. The van der Waals surface area contributed by atoms with Crippen LogP contribution in [0.1, 0.15) is 5.56 Å². The highest BCUT2D eigenvalue weighted by molar-refractivity contribution is 7.98. The molecule has 4 N–H and O–H groups in total. The molecule has 3 heterocycles. The molecular weight excluding hydrogens is 338 g/mol. The van der Waals surface area contributed by atoms with Gasteiger partial charge in [-0.1, -0.05) is 18.2 Å². The van der Waals surface area contributed by atoms with Crippen molar-refractivity contribution in [2.45, 2.75) is 0 Å². The van der Waals surface area contributed by atoms with E-state index in [1.807, 2.05) is 30.3 Å². The number of hydrogen-bond acceptors (Lipinski definition) is 5. The Morgan fingerprint density at radius 1 is 1.04 bits per heavy atom. The third-order valence-corrected chi connectivity index (χ3v) is 4.31. The van der Waals surface area contributed by atoms with Crippen molar-refractivity contribution in [2.75, 3.05) is 12.3 Å². The van der Waals surface area contributed by atoms with E-state index in [9.17, 15) is 0 Å². The molecule has 1 aromatic heterocycles. The van der Waals surface area contributed by atoms with Gasteiger partial charge in [0.1, 0.15) is 11.6 Å². The number of pyridine rings is 1. The van der Waals surface area contributed by atoms with Crippen LogP contribution in [0.3, 0.4) is 0 Å². The molecule has 130 valence electrons. The Labute approximate surface area is 150 Å². The van der Waals surface area contributed by atoms with Crippen molar-refractivity contribution in [3.63, 3.8) is 0 Å². The van der Waals surface area contributed by atoms with Crippen molar-refractivity contribution in [3.05, 3.63) is 72.6 Å². The van der Waals surface area contributed by atoms with Gasteiger partial charge in [-0.25, -0.2) is 4.98 Å². The van der Waals surface area contributed by atoms with E-state index < -0.39 is 0 Å². The summed E-state index contributed by atoms with van der Waals surface area (Å²) < 4.78 is 10.3. The van der Waals surface area contributed by atoms with Gasteiger partial charge in [-0.15, -0.1) is 0 Å². The highest BCUT2D eigenvalue weighted by Gasteiger charge is 2.21. The van der Waals surface area contributed by atoms with E-state index in [2.05, 4.69) is 44.8 Å². The summed E-state index contributed by atoms with van der Waals surface area (Å²) in [4.78, 5) is 6.37. The van der Waals surface area contributed by atoms with Crippen molar-refractivity contribution in [1.82, 2.24) is 9.88 Å². The second-order valence-corrected chi connectivity index (χ2v) is 6.01. The molecule has 4 rings (SSSR count). The molecule has 0 radical (unpaired) electrons. The monoisotopic (exact) mass is 357 g/mol. The Hall–Kier alpha value is -2.61. The van der Waals surface area contributed by atoms with Crippen LogP contribution in [0.15, 0.2) is 71.4 Å². The second kappa shape index (κ2) is 8.48. The second-order valence-electron chi connectivity index (χ2n) is 5.16. The molecule has 0 bridgehead atoms. The SMILES string of the molecule is C1=CN2CCSN=C2C(c2ccc(Oc3ccccn3)cc2)=C1.O.O. The minimum Gasteiger partial charge on any atom is -0.439 e. The molecule has 0 saturated heterocycles.